The van der Waals surface area contributed by atoms with Gasteiger partial charge < -0.3 is 19.2 Å². The van der Waals surface area contributed by atoms with Crippen molar-refractivity contribution in [1.29, 1.82) is 0 Å². The monoisotopic (exact) mass is 450 g/mol. The second kappa shape index (κ2) is 12.1. The van der Waals surface area contributed by atoms with Crippen LogP contribution in [0.15, 0.2) is 65.1 Å². The van der Waals surface area contributed by atoms with E-state index in [1.165, 1.54) is 5.56 Å². The van der Waals surface area contributed by atoms with Gasteiger partial charge in [-0.1, -0.05) is 50.2 Å². The second-order valence-corrected chi connectivity index (χ2v) is 8.52. The van der Waals surface area contributed by atoms with Crippen LogP contribution in [-0.4, -0.2) is 31.6 Å². The van der Waals surface area contributed by atoms with Crippen molar-refractivity contribution in [3.8, 4) is 11.5 Å². The number of furan rings is 1. The summed E-state index contributed by atoms with van der Waals surface area (Å²) in [6.45, 7) is 6.92. The molecule has 6 heteroatoms. The Morgan fingerprint density at radius 1 is 0.909 bits per heavy atom. The molecule has 1 aromatic heterocycles. The molecule has 0 radical (unpaired) electrons. The summed E-state index contributed by atoms with van der Waals surface area (Å²) < 4.78 is 16.7. The molecule has 0 aliphatic rings. The molecule has 0 saturated heterocycles. The number of methoxy groups -OCH3 is 2. The number of carbonyl (C=O) groups is 1. The van der Waals surface area contributed by atoms with Crippen LogP contribution in [0.1, 0.15) is 47.7 Å². The average molecular weight is 451 g/mol. The van der Waals surface area contributed by atoms with E-state index < -0.39 is 0 Å². The van der Waals surface area contributed by atoms with Crippen LogP contribution in [0.4, 0.5) is 0 Å². The summed E-state index contributed by atoms with van der Waals surface area (Å²) >= 11 is 0. The van der Waals surface area contributed by atoms with E-state index in [-0.39, 0.29) is 5.91 Å². The van der Waals surface area contributed by atoms with Gasteiger partial charge in [-0.3, -0.25) is 9.69 Å². The minimum Gasteiger partial charge on any atom is -0.493 e. The number of carbonyl (C=O) groups excluding carboxylic acids is 1. The Labute approximate surface area is 196 Å². The predicted octanol–water partition coefficient (Wildman–Crippen LogP) is 5.28. The number of nitrogens with one attached hydrogen (secondary N) is 1. The van der Waals surface area contributed by atoms with Crippen LogP contribution in [0.2, 0.25) is 0 Å². The molecule has 6 nitrogen and oxygen atoms in total. The lowest BCUT2D eigenvalue weighted by Crippen LogP contribution is -2.25. The lowest BCUT2D eigenvalue weighted by atomic mass is 10.1. The van der Waals surface area contributed by atoms with Crippen molar-refractivity contribution in [3.05, 3.63) is 83.3 Å². The first-order valence-corrected chi connectivity index (χ1v) is 11.3. The number of hydrogen-bond acceptors (Lipinski definition) is 5. The van der Waals surface area contributed by atoms with Gasteiger partial charge in [-0.25, -0.2) is 0 Å². The van der Waals surface area contributed by atoms with Crippen LogP contribution < -0.4 is 14.8 Å². The molecule has 0 aliphatic carbocycles. The van der Waals surface area contributed by atoms with Crippen molar-refractivity contribution in [2.45, 2.75) is 39.9 Å². The molecule has 33 heavy (non-hydrogen) atoms. The third-order valence-corrected chi connectivity index (χ3v) is 5.38. The normalized spacial score (nSPS) is 11.1. The average Bonchev–Trinajstić information content (AvgIpc) is 3.28. The van der Waals surface area contributed by atoms with E-state index in [9.17, 15) is 4.79 Å². The van der Waals surface area contributed by atoms with E-state index in [0.717, 1.165) is 24.3 Å². The Kier molecular flexibility index (Phi) is 8.95. The third kappa shape index (κ3) is 7.39. The van der Waals surface area contributed by atoms with Gasteiger partial charge >= 0.3 is 0 Å². The zero-order chi connectivity index (χ0) is 23.6. The van der Waals surface area contributed by atoms with E-state index in [2.05, 4.69) is 36.2 Å². The molecule has 1 N–H and O–H groups in total. The van der Waals surface area contributed by atoms with E-state index in [1.54, 1.807) is 20.3 Å². The molecule has 0 spiro atoms. The lowest BCUT2D eigenvalue weighted by Gasteiger charge is -2.22. The van der Waals surface area contributed by atoms with Crippen LogP contribution in [-0.2, 0) is 19.6 Å². The standard InChI is InChI=1S/C27H34N2O4/c1-20(2)14-15-28-27(30)25-13-11-23(33-25)19-29(17-21-8-6-5-7-9-21)18-22-10-12-24(31-3)26(16-22)32-4/h5-13,16,20H,14-15,17-19H2,1-4H3,(H,28,30). The second-order valence-electron chi connectivity index (χ2n) is 8.52. The number of ether oxygens (including phenoxy) is 2. The molecule has 0 atom stereocenters. The van der Waals surface area contributed by atoms with Gasteiger partial charge in [-0.2, -0.15) is 0 Å². The van der Waals surface area contributed by atoms with E-state index in [4.69, 9.17) is 13.9 Å². The minimum atomic E-state index is -0.170. The Hall–Kier alpha value is -3.25. The third-order valence-electron chi connectivity index (χ3n) is 5.38. The SMILES string of the molecule is COc1ccc(CN(Cc2ccccc2)Cc2ccc(C(=O)NCCC(C)C)o2)cc1OC. The molecule has 0 saturated carbocycles. The molecule has 3 rings (SSSR count). The highest BCUT2D eigenvalue weighted by atomic mass is 16.5. The molecule has 0 fully saturated rings. The highest BCUT2D eigenvalue weighted by Crippen LogP contribution is 2.28. The molecule has 1 heterocycles. The molecule has 176 valence electrons. The fraction of sp³-hybridized carbons (Fsp3) is 0.370. The minimum absolute atomic E-state index is 0.170. The molecule has 0 unspecified atom stereocenters. The summed E-state index contributed by atoms with van der Waals surface area (Å²) in [6, 6.07) is 19.9. The molecular weight excluding hydrogens is 416 g/mol. The van der Waals surface area contributed by atoms with Crippen molar-refractivity contribution < 1.29 is 18.7 Å². The van der Waals surface area contributed by atoms with Crippen LogP contribution in [0.25, 0.3) is 0 Å². The maximum atomic E-state index is 12.4. The highest BCUT2D eigenvalue weighted by molar-refractivity contribution is 5.91. The predicted molar refractivity (Wildman–Crippen MR) is 129 cm³/mol. The molecule has 0 bridgehead atoms. The Morgan fingerprint density at radius 3 is 2.33 bits per heavy atom. The van der Waals surface area contributed by atoms with Gasteiger partial charge in [-0.05, 0) is 47.7 Å². The van der Waals surface area contributed by atoms with E-state index in [0.29, 0.717) is 42.8 Å². The van der Waals surface area contributed by atoms with Crippen molar-refractivity contribution in [1.82, 2.24) is 10.2 Å². The maximum Gasteiger partial charge on any atom is 0.286 e. The summed E-state index contributed by atoms with van der Waals surface area (Å²) in [5, 5.41) is 2.93. The Balaban J connectivity index is 1.72. The topological polar surface area (TPSA) is 63.9 Å². The first-order valence-electron chi connectivity index (χ1n) is 11.3. The lowest BCUT2D eigenvalue weighted by molar-refractivity contribution is 0.0919. The van der Waals surface area contributed by atoms with Gasteiger partial charge in [0.25, 0.3) is 5.91 Å². The van der Waals surface area contributed by atoms with E-state index in [1.807, 2.05) is 42.5 Å². The Bertz CT molecular complexity index is 1010. The fourth-order valence-electron chi connectivity index (χ4n) is 3.61. The number of nitrogens with zero attached hydrogens (tertiary/aromatic N) is 1. The van der Waals surface area contributed by atoms with Crippen LogP contribution in [0, 0.1) is 5.92 Å². The highest BCUT2D eigenvalue weighted by Gasteiger charge is 2.15. The fourth-order valence-corrected chi connectivity index (χ4v) is 3.61. The molecule has 1 amide bonds. The maximum absolute atomic E-state index is 12.4. The van der Waals surface area contributed by atoms with Gasteiger partial charge in [-0.15, -0.1) is 0 Å². The van der Waals surface area contributed by atoms with Gasteiger partial charge in [0.15, 0.2) is 17.3 Å². The summed E-state index contributed by atoms with van der Waals surface area (Å²) in [7, 11) is 3.27. The summed E-state index contributed by atoms with van der Waals surface area (Å²) in [5.41, 5.74) is 2.30. The Morgan fingerprint density at radius 2 is 1.64 bits per heavy atom. The van der Waals surface area contributed by atoms with Gasteiger partial charge in [0.2, 0.25) is 0 Å². The van der Waals surface area contributed by atoms with Crippen molar-refractivity contribution in [3.63, 3.8) is 0 Å². The number of amides is 1. The number of rotatable bonds is 12. The number of benzene rings is 2. The largest absolute Gasteiger partial charge is 0.493 e. The van der Waals surface area contributed by atoms with E-state index >= 15 is 0 Å². The van der Waals surface area contributed by atoms with Crippen molar-refractivity contribution in [2.24, 2.45) is 5.92 Å². The first-order chi connectivity index (χ1) is 16.0. The molecular formula is C27H34N2O4. The number of hydrogen-bond donors (Lipinski definition) is 1. The molecule has 3 aromatic rings. The van der Waals surface area contributed by atoms with Gasteiger partial charge in [0.05, 0.1) is 20.8 Å². The first kappa shape index (κ1) is 24.4. The van der Waals surface area contributed by atoms with Crippen molar-refractivity contribution in [2.75, 3.05) is 20.8 Å². The molecule has 0 aliphatic heterocycles. The summed E-state index contributed by atoms with van der Waals surface area (Å²) in [4.78, 5) is 14.7. The summed E-state index contributed by atoms with van der Waals surface area (Å²) in [6.07, 6.45) is 0.940. The molecule has 2 aromatic carbocycles. The smallest absolute Gasteiger partial charge is 0.286 e. The zero-order valence-electron chi connectivity index (χ0n) is 20.0. The van der Waals surface area contributed by atoms with Crippen LogP contribution in [0.5, 0.6) is 11.5 Å². The van der Waals surface area contributed by atoms with Crippen LogP contribution in [0.3, 0.4) is 0 Å². The summed E-state index contributed by atoms with van der Waals surface area (Å²) in [5.74, 6) is 2.87. The quantitative estimate of drug-likeness (QED) is 0.407. The van der Waals surface area contributed by atoms with Crippen LogP contribution >= 0.6 is 0 Å². The zero-order valence-corrected chi connectivity index (χ0v) is 20.0. The van der Waals surface area contributed by atoms with Gasteiger partial charge in [0.1, 0.15) is 5.76 Å². The van der Waals surface area contributed by atoms with Crippen molar-refractivity contribution >= 4 is 5.91 Å². The van der Waals surface area contributed by atoms with Gasteiger partial charge in [0, 0.05) is 19.6 Å².